The van der Waals surface area contributed by atoms with E-state index in [4.69, 9.17) is 40.2 Å². The molecule has 1 heterocycles. The largest absolute Gasteiger partial charge is 0.488 e. The molecule has 0 aromatic heterocycles. The number of nitrogens with zero attached hydrogens (tertiary/aromatic N) is 1. The molecule has 34 heavy (non-hydrogen) atoms. The molecule has 1 saturated heterocycles. The predicted molar refractivity (Wildman–Crippen MR) is 139 cm³/mol. The zero-order valence-corrected chi connectivity index (χ0v) is 20.7. The molecule has 0 bridgehead atoms. The number of benzene rings is 3. The van der Waals surface area contributed by atoms with E-state index in [1.807, 2.05) is 44.2 Å². The molecule has 2 amide bonds. The van der Waals surface area contributed by atoms with Gasteiger partial charge in [0.15, 0.2) is 5.11 Å². The highest BCUT2D eigenvalue weighted by atomic mass is 35.5. The molecule has 0 aliphatic carbocycles. The SMILES string of the molecule is Cc1cc(C)cc(N2C(=O)/C(=C/c3cc(Cl)ccc3OCc3cccc(Cl)c3)C(=O)NC2=S)c1. The summed E-state index contributed by atoms with van der Waals surface area (Å²) in [5.41, 5.74) is 3.81. The Morgan fingerprint density at radius 3 is 2.38 bits per heavy atom. The molecule has 3 aromatic rings. The number of rotatable bonds is 5. The third-order valence-electron chi connectivity index (χ3n) is 5.12. The molecule has 0 spiro atoms. The summed E-state index contributed by atoms with van der Waals surface area (Å²) in [5, 5.41) is 3.68. The lowest BCUT2D eigenvalue weighted by atomic mass is 10.0. The van der Waals surface area contributed by atoms with Crippen LogP contribution < -0.4 is 15.0 Å². The molecule has 4 rings (SSSR count). The van der Waals surface area contributed by atoms with Gasteiger partial charge in [0.25, 0.3) is 11.8 Å². The van der Waals surface area contributed by atoms with Gasteiger partial charge in [-0.05, 0) is 91.3 Å². The van der Waals surface area contributed by atoms with Gasteiger partial charge >= 0.3 is 0 Å². The number of nitrogens with one attached hydrogen (secondary N) is 1. The fourth-order valence-corrected chi connectivity index (χ4v) is 4.35. The second-order valence-electron chi connectivity index (χ2n) is 7.90. The Bertz CT molecular complexity index is 1330. The zero-order valence-electron chi connectivity index (χ0n) is 18.4. The summed E-state index contributed by atoms with van der Waals surface area (Å²) >= 11 is 17.6. The van der Waals surface area contributed by atoms with Gasteiger partial charge in [-0.3, -0.25) is 19.8 Å². The number of aryl methyl sites for hydroxylation is 2. The van der Waals surface area contributed by atoms with Crippen molar-refractivity contribution in [1.29, 1.82) is 0 Å². The fraction of sp³-hybridized carbons (Fsp3) is 0.115. The summed E-state index contributed by atoms with van der Waals surface area (Å²) in [5.74, 6) is -0.653. The van der Waals surface area contributed by atoms with E-state index >= 15 is 0 Å². The van der Waals surface area contributed by atoms with Crippen LogP contribution in [0.3, 0.4) is 0 Å². The van der Waals surface area contributed by atoms with Crippen LogP contribution in [0.5, 0.6) is 5.75 Å². The monoisotopic (exact) mass is 510 g/mol. The summed E-state index contributed by atoms with van der Waals surface area (Å²) in [7, 11) is 0. The number of halogens is 2. The minimum Gasteiger partial charge on any atom is -0.488 e. The topological polar surface area (TPSA) is 58.6 Å². The number of amides is 2. The Kier molecular flexibility index (Phi) is 7.03. The first kappa shape index (κ1) is 24.0. The van der Waals surface area contributed by atoms with E-state index < -0.39 is 11.8 Å². The molecular weight excluding hydrogens is 491 g/mol. The number of carbonyl (C=O) groups is 2. The van der Waals surface area contributed by atoms with E-state index in [2.05, 4.69) is 5.32 Å². The molecular formula is C26H20Cl2N2O3S. The third-order valence-corrected chi connectivity index (χ3v) is 5.88. The summed E-state index contributed by atoms with van der Waals surface area (Å²) in [4.78, 5) is 27.5. The number of hydrogen-bond acceptors (Lipinski definition) is 4. The highest BCUT2D eigenvalue weighted by molar-refractivity contribution is 7.80. The van der Waals surface area contributed by atoms with Crippen LogP contribution in [-0.4, -0.2) is 16.9 Å². The first-order valence-electron chi connectivity index (χ1n) is 10.4. The summed E-state index contributed by atoms with van der Waals surface area (Å²) in [6, 6.07) is 18.0. The highest BCUT2D eigenvalue weighted by Gasteiger charge is 2.34. The zero-order chi connectivity index (χ0) is 24.4. The van der Waals surface area contributed by atoms with Crippen LogP contribution in [0.4, 0.5) is 5.69 Å². The minimum atomic E-state index is -0.587. The lowest BCUT2D eigenvalue weighted by molar-refractivity contribution is -0.122. The second kappa shape index (κ2) is 9.97. The molecule has 0 radical (unpaired) electrons. The van der Waals surface area contributed by atoms with Crippen LogP contribution >= 0.6 is 35.4 Å². The Morgan fingerprint density at radius 1 is 0.971 bits per heavy atom. The van der Waals surface area contributed by atoms with Gasteiger partial charge in [-0.15, -0.1) is 0 Å². The molecule has 0 atom stereocenters. The van der Waals surface area contributed by atoms with Crippen LogP contribution in [0.25, 0.3) is 6.08 Å². The normalized spacial score (nSPS) is 15.0. The molecule has 0 unspecified atom stereocenters. The van der Waals surface area contributed by atoms with Gasteiger partial charge in [-0.25, -0.2) is 0 Å². The smallest absolute Gasteiger partial charge is 0.270 e. The molecule has 1 aliphatic rings. The quantitative estimate of drug-likeness (QED) is 0.259. The van der Waals surface area contributed by atoms with E-state index in [-0.39, 0.29) is 17.3 Å². The van der Waals surface area contributed by atoms with Crippen LogP contribution in [0.2, 0.25) is 10.0 Å². The number of anilines is 1. The van der Waals surface area contributed by atoms with Gasteiger partial charge in [0.2, 0.25) is 0 Å². The van der Waals surface area contributed by atoms with Crippen molar-refractivity contribution in [1.82, 2.24) is 5.32 Å². The highest BCUT2D eigenvalue weighted by Crippen LogP contribution is 2.29. The predicted octanol–water partition coefficient (Wildman–Crippen LogP) is 6.02. The van der Waals surface area contributed by atoms with E-state index in [0.29, 0.717) is 27.0 Å². The number of carbonyl (C=O) groups excluding carboxylic acids is 2. The van der Waals surface area contributed by atoms with Gasteiger partial charge in [0, 0.05) is 15.6 Å². The Morgan fingerprint density at radius 2 is 1.68 bits per heavy atom. The third kappa shape index (κ3) is 5.30. The van der Waals surface area contributed by atoms with Gasteiger partial charge in [0.05, 0.1) is 5.69 Å². The maximum Gasteiger partial charge on any atom is 0.270 e. The van der Waals surface area contributed by atoms with Crippen LogP contribution in [0.1, 0.15) is 22.3 Å². The minimum absolute atomic E-state index is 0.0284. The van der Waals surface area contributed by atoms with Crippen molar-refractivity contribution in [2.75, 3.05) is 4.90 Å². The number of hydrogen-bond donors (Lipinski definition) is 1. The molecule has 1 N–H and O–H groups in total. The Balaban J connectivity index is 1.69. The van der Waals surface area contributed by atoms with Crippen molar-refractivity contribution in [2.24, 2.45) is 0 Å². The molecule has 1 aliphatic heterocycles. The standard InChI is InChI=1S/C26H20Cl2N2O3S/c1-15-8-16(2)10-21(9-15)30-25(32)22(24(31)29-26(30)34)13-18-12-20(28)6-7-23(18)33-14-17-4-3-5-19(27)11-17/h3-13H,14H2,1-2H3,(H,29,31,34)/b22-13+. The first-order chi connectivity index (χ1) is 16.2. The van der Waals surface area contributed by atoms with Crippen LogP contribution in [-0.2, 0) is 16.2 Å². The molecule has 172 valence electrons. The molecule has 0 saturated carbocycles. The van der Waals surface area contributed by atoms with Crippen molar-refractivity contribution >= 4 is 64.1 Å². The van der Waals surface area contributed by atoms with Gasteiger partial charge < -0.3 is 4.74 Å². The van der Waals surface area contributed by atoms with Crippen molar-refractivity contribution in [3.8, 4) is 5.75 Å². The van der Waals surface area contributed by atoms with Gasteiger partial charge in [-0.2, -0.15) is 0 Å². The average Bonchev–Trinajstić information content (AvgIpc) is 2.75. The second-order valence-corrected chi connectivity index (χ2v) is 9.16. The lowest BCUT2D eigenvalue weighted by Crippen LogP contribution is -2.54. The molecule has 1 fully saturated rings. The van der Waals surface area contributed by atoms with Crippen molar-refractivity contribution in [3.63, 3.8) is 0 Å². The average molecular weight is 511 g/mol. The van der Waals surface area contributed by atoms with Crippen molar-refractivity contribution in [3.05, 3.63) is 98.5 Å². The Labute approximate surface area is 212 Å². The maximum absolute atomic E-state index is 13.4. The van der Waals surface area contributed by atoms with Crippen molar-refractivity contribution < 1.29 is 14.3 Å². The maximum atomic E-state index is 13.4. The number of ether oxygens (including phenoxy) is 1. The van der Waals surface area contributed by atoms with Crippen LogP contribution in [0, 0.1) is 13.8 Å². The summed E-state index contributed by atoms with van der Waals surface area (Å²) in [6.07, 6.45) is 1.47. The molecule has 5 nitrogen and oxygen atoms in total. The van der Waals surface area contributed by atoms with Gasteiger partial charge in [0.1, 0.15) is 17.9 Å². The van der Waals surface area contributed by atoms with E-state index in [0.717, 1.165) is 16.7 Å². The molecule has 3 aromatic carbocycles. The first-order valence-corrected chi connectivity index (χ1v) is 11.5. The fourth-order valence-electron chi connectivity index (χ4n) is 3.68. The summed E-state index contributed by atoms with van der Waals surface area (Å²) in [6.45, 7) is 4.11. The Hall–Kier alpha value is -3.19. The van der Waals surface area contributed by atoms with Crippen molar-refractivity contribution in [2.45, 2.75) is 20.5 Å². The van der Waals surface area contributed by atoms with Gasteiger partial charge in [-0.1, -0.05) is 41.4 Å². The van der Waals surface area contributed by atoms with E-state index in [1.165, 1.54) is 11.0 Å². The van der Waals surface area contributed by atoms with Crippen LogP contribution in [0.15, 0.2) is 66.2 Å². The van der Waals surface area contributed by atoms with E-state index in [1.54, 1.807) is 30.3 Å². The van der Waals surface area contributed by atoms with E-state index in [9.17, 15) is 9.59 Å². The number of thiocarbonyl (C=S) groups is 1. The molecule has 8 heteroatoms. The summed E-state index contributed by atoms with van der Waals surface area (Å²) < 4.78 is 5.97. The lowest BCUT2D eigenvalue weighted by Gasteiger charge is -2.29.